The molecule has 0 unspecified atom stereocenters. The molecule has 1 saturated carbocycles. The van der Waals surface area contributed by atoms with Crippen molar-refractivity contribution in [2.45, 2.75) is 51.2 Å². The fourth-order valence-corrected chi connectivity index (χ4v) is 3.20. The van der Waals surface area contributed by atoms with Crippen LogP contribution in [-0.4, -0.2) is 31.4 Å². The van der Waals surface area contributed by atoms with Crippen LogP contribution in [-0.2, 0) is 10.0 Å². The summed E-state index contributed by atoms with van der Waals surface area (Å²) in [5.41, 5.74) is 0. The Morgan fingerprint density at radius 2 is 2.00 bits per heavy atom. The predicted octanol–water partition coefficient (Wildman–Crippen LogP) is 0.619. The lowest BCUT2D eigenvalue weighted by atomic mass is 9.93. The number of rotatable bonds is 4. The van der Waals surface area contributed by atoms with Crippen LogP contribution in [0.1, 0.15) is 39.0 Å². The van der Waals surface area contributed by atoms with Gasteiger partial charge >= 0.3 is 0 Å². The number of hydrogen-bond donors (Lipinski definition) is 2. The second-order valence-corrected chi connectivity index (χ2v) is 5.77. The molecular weight excluding hydrogens is 202 g/mol. The fourth-order valence-electron chi connectivity index (χ4n) is 1.81. The molecule has 0 saturated heterocycles. The molecule has 2 N–H and O–H groups in total. The average molecular weight is 221 g/mol. The summed E-state index contributed by atoms with van der Waals surface area (Å²) in [6, 6.07) is -0.264. The quantitative estimate of drug-likeness (QED) is 0.731. The fraction of sp³-hybridized carbons (Fsp3) is 1.00. The monoisotopic (exact) mass is 221 g/mol. The molecule has 1 fully saturated rings. The molecule has 5 heteroatoms. The van der Waals surface area contributed by atoms with Crippen LogP contribution in [0.2, 0.25) is 0 Å². The molecule has 1 aliphatic carbocycles. The molecule has 2 atom stereocenters. The molecule has 0 amide bonds. The van der Waals surface area contributed by atoms with Crippen molar-refractivity contribution in [3.05, 3.63) is 0 Å². The van der Waals surface area contributed by atoms with Crippen LogP contribution in [0.15, 0.2) is 0 Å². The molecule has 1 aliphatic rings. The molecule has 84 valence electrons. The Balaban J connectivity index is 2.49. The lowest BCUT2D eigenvalue weighted by Crippen LogP contribution is -2.45. The van der Waals surface area contributed by atoms with Gasteiger partial charge in [0, 0.05) is 6.04 Å². The molecule has 0 aromatic carbocycles. The van der Waals surface area contributed by atoms with E-state index in [1.807, 2.05) is 6.92 Å². The second kappa shape index (κ2) is 5.09. The molecule has 1 rings (SSSR count). The summed E-state index contributed by atoms with van der Waals surface area (Å²) in [6.45, 7) is 1.83. The Labute approximate surface area is 85.8 Å². The molecule has 0 aromatic rings. The van der Waals surface area contributed by atoms with Gasteiger partial charge in [-0.2, -0.15) is 0 Å². The zero-order valence-corrected chi connectivity index (χ0v) is 9.39. The minimum absolute atomic E-state index is 0.149. The van der Waals surface area contributed by atoms with E-state index in [0.29, 0.717) is 12.8 Å². The predicted molar refractivity (Wildman–Crippen MR) is 55.5 cm³/mol. The van der Waals surface area contributed by atoms with Gasteiger partial charge in [0.25, 0.3) is 0 Å². The maximum atomic E-state index is 11.4. The minimum atomic E-state index is -3.17. The highest BCUT2D eigenvalue weighted by Gasteiger charge is 2.26. The van der Waals surface area contributed by atoms with Gasteiger partial charge in [-0.05, 0) is 19.3 Å². The summed E-state index contributed by atoms with van der Waals surface area (Å²) in [7, 11) is -3.17. The number of aliphatic hydroxyl groups is 1. The molecule has 4 nitrogen and oxygen atoms in total. The number of sulfonamides is 1. The largest absolute Gasteiger partial charge is 0.391 e. The highest BCUT2D eigenvalue weighted by Crippen LogP contribution is 2.18. The summed E-state index contributed by atoms with van der Waals surface area (Å²) in [6.07, 6.45) is 3.56. The first kappa shape index (κ1) is 11.9. The van der Waals surface area contributed by atoms with Crippen LogP contribution in [0.3, 0.4) is 0 Å². The van der Waals surface area contributed by atoms with Crippen LogP contribution in [0.4, 0.5) is 0 Å². The van der Waals surface area contributed by atoms with Gasteiger partial charge in [0.2, 0.25) is 10.0 Å². The van der Waals surface area contributed by atoms with Crippen molar-refractivity contribution in [3.8, 4) is 0 Å². The number of aliphatic hydroxyl groups excluding tert-OH is 1. The van der Waals surface area contributed by atoms with Gasteiger partial charge in [-0.25, -0.2) is 13.1 Å². The molecule has 0 heterocycles. The van der Waals surface area contributed by atoms with Gasteiger partial charge in [0.1, 0.15) is 0 Å². The maximum absolute atomic E-state index is 11.4. The van der Waals surface area contributed by atoms with E-state index in [2.05, 4.69) is 4.72 Å². The summed E-state index contributed by atoms with van der Waals surface area (Å²) >= 11 is 0. The zero-order valence-electron chi connectivity index (χ0n) is 8.57. The molecule has 0 aromatic heterocycles. The van der Waals surface area contributed by atoms with Gasteiger partial charge in [0.15, 0.2) is 0 Å². The topological polar surface area (TPSA) is 66.4 Å². The first-order valence-corrected chi connectivity index (χ1v) is 6.88. The Morgan fingerprint density at radius 3 is 2.57 bits per heavy atom. The molecule has 0 spiro atoms. The normalized spacial score (nSPS) is 29.0. The van der Waals surface area contributed by atoms with E-state index in [1.165, 1.54) is 0 Å². The minimum Gasteiger partial charge on any atom is -0.391 e. The number of nitrogens with one attached hydrogen (secondary N) is 1. The van der Waals surface area contributed by atoms with Crippen LogP contribution in [0.5, 0.6) is 0 Å². The molecule has 14 heavy (non-hydrogen) atoms. The van der Waals surface area contributed by atoms with Gasteiger partial charge in [-0.1, -0.05) is 19.8 Å². The molecule has 0 radical (unpaired) electrons. The van der Waals surface area contributed by atoms with E-state index in [1.54, 1.807) is 0 Å². The van der Waals surface area contributed by atoms with Crippen LogP contribution in [0.25, 0.3) is 0 Å². The smallest absolute Gasteiger partial charge is 0.211 e. The lowest BCUT2D eigenvalue weighted by molar-refractivity contribution is 0.101. The summed E-state index contributed by atoms with van der Waals surface area (Å²) < 4.78 is 25.4. The highest BCUT2D eigenvalue weighted by molar-refractivity contribution is 7.89. The summed E-state index contributed by atoms with van der Waals surface area (Å²) in [5.74, 6) is 0.149. The van der Waals surface area contributed by atoms with Crippen molar-refractivity contribution in [2.75, 3.05) is 5.75 Å². The third kappa shape index (κ3) is 3.55. The summed E-state index contributed by atoms with van der Waals surface area (Å²) in [4.78, 5) is 0. The SMILES string of the molecule is CCCS(=O)(=O)N[C@@H]1CCCC[C@H]1O. The summed E-state index contributed by atoms with van der Waals surface area (Å²) in [5, 5.41) is 9.57. The van der Waals surface area contributed by atoms with Gasteiger partial charge < -0.3 is 5.11 Å². The van der Waals surface area contributed by atoms with E-state index >= 15 is 0 Å². The van der Waals surface area contributed by atoms with E-state index in [0.717, 1.165) is 19.3 Å². The molecule has 0 aliphatic heterocycles. The van der Waals surface area contributed by atoms with Crippen LogP contribution < -0.4 is 4.72 Å². The van der Waals surface area contributed by atoms with Crippen molar-refractivity contribution in [1.82, 2.24) is 4.72 Å². The van der Waals surface area contributed by atoms with E-state index < -0.39 is 16.1 Å². The Hall–Kier alpha value is -0.130. The van der Waals surface area contributed by atoms with Crippen LogP contribution >= 0.6 is 0 Å². The van der Waals surface area contributed by atoms with Crippen molar-refractivity contribution >= 4 is 10.0 Å². The highest BCUT2D eigenvalue weighted by atomic mass is 32.2. The number of hydrogen-bond acceptors (Lipinski definition) is 3. The van der Waals surface area contributed by atoms with E-state index in [4.69, 9.17) is 0 Å². The van der Waals surface area contributed by atoms with Crippen molar-refractivity contribution in [1.29, 1.82) is 0 Å². The van der Waals surface area contributed by atoms with Crippen molar-refractivity contribution < 1.29 is 13.5 Å². The Kier molecular flexibility index (Phi) is 4.34. The van der Waals surface area contributed by atoms with Crippen LogP contribution in [0, 0.1) is 0 Å². The van der Waals surface area contributed by atoms with Crippen molar-refractivity contribution in [3.63, 3.8) is 0 Å². The lowest BCUT2D eigenvalue weighted by Gasteiger charge is -2.27. The van der Waals surface area contributed by atoms with Gasteiger partial charge in [0.05, 0.1) is 11.9 Å². The third-order valence-electron chi connectivity index (χ3n) is 2.53. The Bertz CT molecular complexity index is 263. The standard InChI is InChI=1S/C9H19NO3S/c1-2-7-14(12,13)10-8-5-3-4-6-9(8)11/h8-11H,2-7H2,1H3/t8-,9-/m1/s1. The third-order valence-corrected chi connectivity index (χ3v) is 4.14. The molecular formula is C9H19NO3S. The zero-order chi connectivity index (χ0) is 10.6. The Morgan fingerprint density at radius 1 is 1.36 bits per heavy atom. The second-order valence-electron chi connectivity index (χ2n) is 3.90. The first-order chi connectivity index (χ1) is 6.55. The van der Waals surface area contributed by atoms with E-state index in [-0.39, 0.29) is 11.8 Å². The van der Waals surface area contributed by atoms with Gasteiger partial charge in [-0.3, -0.25) is 0 Å². The van der Waals surface area contributed by atoms with Gasteiger partial charge in [-0.15, -0.1) is 0 Å². The van der Waals surface area contributed by atoms with E-state index in [9.17, 15) is 13.5 Å². The molecule has 0 bridgehead atoms. The van der Waals surface area contributed by atoms with Crippen molar-refractivity contribution in [2.24, 2.45) is 0 Å². The maximum Gasteiger partial charge on any atom is 0.211 e. The average Bonchev–Trinajstić information content (AvgIpc) is 2.08. The first-order valence-electron chi connectivity index (χ1n) is 5.23.